The van der Waals surface area contributed by atoms with Crippen molar-refractivity contribution in [3.63, 3.8) is 0 Å². The molecule has 0 atom stereocenters. The van der Waals surface area contributed by atoms with Crippen molar-refractivity contribution in [2.24, 2.45) is 0 Å². The maximum atomic E-state index is 9.99. The van der Waals surface area contributed by atoms with Crippen molar-refractivity contribution in [2.45, 2.75) is 73.1 Å². The second-order valence-corrected chi connectivity index (χ2v) is 7.54. The molecule has 0 spiro atoms. The molecule has 0 aromatic rings. The molecule has 9 nitrogen and oxygen atoms in total. The second kappa shape index (κ2) is 34.0. The Labute approximate surface area is 247 Å². The number of Topliss-reactive ketones (excluding diaryl/α,β-unsaturated/α-hetero) is 4. The maximum absolute atomic E-state index is 9.99. The minimum absolute atomic E-state index is 0. The van der Waals surface area contributed by atoms with Crippen LogP contribution in [0.15, 0.2) is 74.3 Å². The molecule has 0 amide bonds. The Hall–Kier alpha value is -3.00. The van der Waals surface area contributed by atoms with Crippen LogP contribution in [0, 0.1) is 0 Å². The average Bonchev–Trinajstić information content (AvgIpc) is 2.65. The molecule has 0 fully saturated rings. The van der Waals surface area contributed by atoms with Crippen LogP contribution in [-0.2, 0) is 50.1 Å². The zero-order valence-electron chi connectivity index (χ0n) is 23.4. The van der Waals surface area contributed by atoms with Crippen LogP contribution in [0.5, 0.6) is 0 Å². The van der Waals surface area contributed by atoms with Crippen LogP contribution in [0.4, 0.5) is 0 Å². The molecular weight excluding hydrogens is 572 g/mol. The van der Waals surface area contributed by atoms with Gasteiger partial charge in [0.05, 0.1) is 6.61 Å². The van der Waals surface area contributed by atoms with Gasteiger partial charge in [0.1, 0.15) is 28.9 Å². The molecule has 0 rings (SSSR count). The van der Waals surface area contributed by atoms with Gasteiger partial charge in [-0.05, 0) is 40.2 Å². The number of allylic oxidation sites excluding steroid dienone is 5. The van der Waals surface area contributed by atoms with E-state index in [0.717, 1.165) is 19.4 Å². The summed E-state index contributed by atoms with van der Waals surface area (Å²) in [7, 11) is 0. The smallest absolute Gasteiger partial charge is 0.876 e. The Bertz CT molecular complexity index is 629. The normalized spacial score (nSPS) is 8.03. The first-order valence-corrected chi connectivity index (χ1v) is 11.1. The predicted molar refractivity (Wildman–Crippen MR) is 138 cm³/mol. The number of rotatable bonds is 13. The minimum atomic E-state index is -0.312. The molecule has 38 heavy (non-hydrogen) atoms. The van der Waals surface area contributed by atoms with Gasteiger partial charge in [-0.3, -0.25) is 19.2 Å². The van der Waals surface area contributed by atoms with E-state index in [1.54, 1.807) is 6.08 Å². The van der Waals surface area contributed by atoms with Crippen LogP contribution >= 0.6 is 0 Å². The summed E-state index contributed by atoms with van der Waals surface area (Å²) < 4.78 is 5.12. The molecule has 0 unspecified atom stereocenters. The summed E-state index contributed by atoms with van der Waals surface area (Å²) in [5.74, 6) is -1.08. The third-order valence-electron chi connectivity index (χ3n) is 2.80. The minimum Gasteiger partial charge on any atom is -0.876 e. The largest absolute Gasteiger partial charge is 4.00 e. The number of ketones is 4. The van der Waals surface area contributed by atoms with Crippen molar-refractivity contribution in [1.82, 2.24) is 0 Å². The van der Waals surface area contributed by atoms with E-state index in [1.165, 1.54) is 27.7 Å². The maximum Gasteiger partial charge on any atom is 4.00 e. The molecule has 0 heterocycles. The van der Waals surface area contributed by atoms with E-state index in [1.807, 2.05) is 0 Å². The first-order chi connectivity index (χ1) is 16.8. The zero-order valence-corrected chi connectivity index (χ0v) is 25.9. The molecule has 0 aromatic carbocycles. The molecule has 0 saturated heterocycles. The van der Waals surface area contributed by atoms with Gasteiger partial charge in [0.15, 0.2) is 0 Å². The number of unbranched alkanes of at least 4 members (excludes halogenated alkanes) is 1. The Morgan fingerprint density at radius 2 is 0.868 bits per heavy atom. The van der Waals surface area contributed by atoms with E-state index in [-0.39, 0.29) is 98.1 Å². The molecule has 0 aromatic heterocycles. The van der Waals surface area contributed by atoms with Crippen LogP contribution in [-0.4, -0.2) is 29.7 Å². The zero-order chi connectivity index (χ0) is 30.6. The van der Waals surface area contributed by atoms with E-state index < -0.39 is 0 Å². The van der Waals surface area contributed by atoms with E-state index in [9.17, 15) is 39.6 Å². The van der Waals surface area contributed by atoms with Crippen molar-refractivity contribution in [2.75, 3.05) is 6.61 Å². The van der Waals surface area contributed by atoms with Crippen molar-refractivity contribution >= 4 is 23.1 Å². The summed E-state index contributed by atoms with van der Waals surface area (Å²) in [6.45, 7) is 27.5. The number of carbonyl (C=O) groups excluding carboxylic acids is 4. The quantitative estimate of drug-likeness (QED) is 0.171. The summed E-state index contributed by atoms with van der Waals surface area (Å²) in [4.78, 5) is 40.0. The molecule has 0 radical (unpaired) electrons. The SMILES string of the molecule is C=C([O-])CC(C)=O.C=C([O-])CC(C)=O.C=C([O-])CC(C)=O.C=C([O-])CC(C)=O.C=CC(=C)OCCCC.[Zr+4]. The summed E-state index contributed by atoms with van der Waals surface area (Å²) >= 11 is 0. The first-order valence-electron chi connectivity index (χ1n) is 11.1. The van der Waals surface area contributed by atoms with Gasteiger partial charge < -0.3 is 25.2 Å². The van der Waals surface area contributed by atoms with Gasteiger partial charge in [0, 0.05) is 25.7 Å². The average molecular weight is 614 g/mol. The third-order valence-corrected chi connectivity index (χ3v) is 2.80. The molecule has 0 aliphatic heterocycles. The van der Waals surface area contributed by atoms with Gasteiger partial charge >= 0.3 is 26.2 Å². The van der Waals surface area contributed by atoms with Gasteiger partial charge in [-0.1, -0.05) is 26.5 Å². The van der Waals surface area contributed by atoms with E-state index in [4.69, 9.17) is 4.74 Å². The van der Waals surface area contributed by atoms with Crippen LogP contribution in [0.3, 0.4) is 0 Å². The molecule has 10 heteroatoms. The van der Waals surface area contributed by atoms with Gasteiger partial charge in [0.25, 0.3) is 0 Å². The van der Waals surface area contributed by atoms with Crippen LogP contribution in [0.1, 0.15) is 73.1 Å². The van der Waals surface area contributed by atoms with Crippen LogP contribution < -0.4 is 20.4 Å². The third kappa shape index (κ3) is 84.5. The number of ether oxygens (including phenoxy) is 1. The van der Waals surface area contributed by atoms with E-state index >= 15 is 0 Å². The Kier molecular flexibility index (Phi) is 43.1. The predicted octanol–water partition coefficient (Wildman–Crippen LogP) is 1.86. The van der Waals surface area contributed by atoms with Crippen molar-refractivity contribution < 1.29 is 70.5 Å². The van der Waals surface area contributed by atoms with Crippen molar-refractivity contribution in [3.05, 3.63) is 74.3 Å². The molecule has 0 saturated carbocycles. The number of hydrogen-bond donors (Lipinski definition) is 0. The summed E-state index contributed by atoms with van der Waals surface area (Å²) in [6.07, 6.45) is 3.76. The fourth-order valence-electron chi connectivity index (χ4n) is 1.52. The summed E-state index contributed by atoms with van der Waals surface area (Å²) in [5.41, 5.74) is 0. The van der Waals surface area contributed by atoms with Gasteiger partial charge in [-0.2, -0.15) is 0 Å². The van der Waals surface area contributed by atoms with Crippen LogP contribution in [0.2, 0.25) is 0 Å². The van der Waals surface area contributed by atoms with Gasteiger partial charge in [-0.25, -0.2) is 0 Å². The number of hydrogen-bond acceptors (Lipinski definition) is 9. The second-order valence-electron chi connectivity index (χ2n) is 7.54. The molecule has 0 aliphatic rings. The molecular formula is C28H42O9Zr. The standard InChI is InChI=1S/C8H14O.4C5H8O2.Zr/c1-4-6-7-9-8(3)5-2;4*1-4(6)3-5(2)7;/h5H,2-4,6-7H2,1H3;4*6H,1,3H2,2H3;/q;;;;;+4/p-4. The van der Waals surface area contributed by atoms with Gasteiger partial charge in [0.2, 0.25) is 0 Å². The Morgan fingerprint density at radius 1 is 0.632 bits per heavy atom. The van der Waals surface area contributed by atoms with E-state index in [2.05, 4.69) is 46.4 Å². The van der Waals surface area contributed by atoms with E-state index in [0.29, 0.717) is 5.76 Å². The molecule has 0 N–H and O–H groups in total. The molecule has 0 bridgehead atoms. The molecule has 212 valence electrons. The Balaban J connectivity index is -0.0000000840. The van der Waals surface area contributed by atoms with Crippen molar-refractivity contribution in [1.29, 1.82) is 0 Å². The monoisotopic (exact) mass is 612 g/mol. The topological polar surface area (TPSA) is 170 Å². The summed E-state index contributed by atoms with van der Waals surface area (Å²) in [6, 6.07) is 0. The van der Waals surface area contributed by atoms with Crippen LogP contribution in [0.25, 0.3) is 0 Å². The first kappa shape index (κ1) is 48.1. The van der Waals surface area contributed by atoms with Crippen molar-refractivity contribution in [3.8, 4) is 0 Å². The Morgan fingerprint density at radius 3 is 0.974 bits per heavy atom. The molecule has 0 aliphatic carbocycles. The fraction of sp³-hybridized carbons (Fsp3) is 0.429. The fourth-order valence-corrected chi connectivity index (χ4v) is 1.52. The summed E-state index contributed by atoms with van der Waals surface area (Å²) in [5, 5.41) is 39.7. The van der Waals surface area contributed by atoms with Gasteiger partial charge in [-0.15, -0.1) is 49.4 Å². The number of carbonyl (C=O) groups is 4.